The fourth-order valence-corrected chi connectivity index (χ4v) is 4.31. The molecule has 3 aromatic carbocycles. The maximum absolute atomic E-state index is 2.52. The lowest BCUT2D eigenvalue weighted by Crippen LogP contribution is -2.55. The van der Waals surface area contributed by atoms with Crippen LogP contribution in [-0.2, 0) is 0 Å². The summed E-state index contributed by atoms with van der Waals surface area (Å²) in [7, 11) is 2.22. The van der Waals surface area contributed by atoms with Crippen LogP contribution < -0.4 is 15.1 Å². The van der Waals surface area contributed by atoms with Crippen molar-refractivity contribution in [3.63, 3.8) is 0 Å². The van der Waals surface area contributed by atoms with Crippen LogP contribution in [0.1, 0.15) is 22.3 Å². The highest BCUT2D eigenvalue weighted by Crippen LogP contribution is 2.44. The van der Waals surface area contributed by atoms with Gasteiger partial charge in [0.2, 0.25) is 0 Å². The molecule has 26 heavy (non-hydrogen) atoms. The van der Waals surface area contributed by atoms with Crippen molar-refractivity contribution in [3.05, 3.63) is 82.9 Å². The van der Waals surface area contributed by atoms with Crippen LogP contribution in [0.25, 0.3) is 0 Å². The normalized spacial score (nSPS) is 13.3. The molecule has 2 nitrogen and oxygen atoms in total. The molecule has 0 bridgehead atoms. The largest absolute Gasteiger partial charge is 0.416 e. The zero-order valence-corrected chi connectivity index (χ0v) is 16.2. The first-order valence-electron chi connectivity index (χ1n) is 9.24. The zero-order valence-electron chi connectivity index (χ0n) is 16.2. The third kappa shape index (κ3) is 2.42. The van der Waals surface area contributed by atoms with Crippen LogP contribution in [0.2, 0.25) is 0 Å². The molecule has 1 aliphatic heterocycles. The van der Waals surface area contributed by atoms with Gasteiger partial charge < -0.3 is 9.62 Å². The number of hydrogen-bond donors (Lipinski definition) is 0. The van der Waals surface area contributed by atoms with Crippen molar-refractivity contribution in [2.75, 3.05) is 16.7 Å². The van der Waals surface area contributed by atoms with Gasteiger partial charge in [0, 0.05) is 11.4 Å². The van der Waals surface area contributed by atoms with Gasteiger partial charge in [-0.2, -0.15) is 0 Å². The fourth-order valence-electron chi connectivity index (χ4n) is 4.31. The zero-order chi connectivity index (χ0) is 18.4. The second kappa shape index (κ2) is 6.24. The summed E-state index contributed by atoms with van der Waals surface area (Å²) < 4.78 is 0. The predicted molar refractivity (Wildman–Crippen MR) is 114 cm³/mol. The van der Waals surface area contributed by atoms with Crippen molar-refractivity contribution >= 4 is 29.5 Å². The highest BCUT2D eigenvalue weighted by Gasteiger charge is 2.43. The van der Waals surface area contributed by atoms with E-state index >= 15 is 0 Å². The molecule has 1 heterocycles. The van der Waals surface area contributed by atoms with Crippen LogP contribution in [-0.4, -0.2) is 14.0 Å². The number of fused-ring (bicyclic) bond motifs is 1. The Labute approximate surface area is 157 Å². The highest BCUT2D eigenvalue weighted by atomic mass is 15.3. The van der Waals surface area contributed by atoms with Crippen LogP contribution in [0.4, 0.5) is 17.1 Å². The summed E-state index contributed by atoms with van der Waals surface area (Å²) in [6, 6.07) is 21.9. The average molecular weight is 340 g/mol. The monoisotopic (exact) mass is 340 g/mol. The van der Waals surface area contributed by atoms with E-state index in [1.54, 1.807) is 0 Å². The van der Waals surface area contributed by atoms with E-state index in [1.165, 1.54) is 44.8 Å². The summed E-state index contributed by atoms with van der Waals surface area (Å²) in [4.78, 5) is 4.94. The lowest BCUT2D eigenvalue weighted by Gasteiger charge is -2.31. The van der Waals surface area contributed by atoms with E-state index in [4.69, 9.17) is 0 Å². The molecule has 0 saturated heterocycles. The molecule has 0 amide bonds. The van der Waals surface area contributed by atoms with Crippen molar-refractivity contribution in [1.82, 2.24) is 0 Å². The van der Waals surface area contributed by atoms with E-state index in [0.29, 0.717) is 0 Å². The second-order valence-electron chi connectivity index (χ2n) is 7.39. The molecule has 0 fully saturated rings. The molecule has 0 radical (unpaired) electrons. The first-order chi connectivity index (χ1) is 12.5. The molecule has 0 aliphatic carbocycles. The third-order valence-electron chi connectivity index (χ3n) is 5.62. The van der Waals surface area contributed by atoms with E-state index in [-0.39, 0.29) is 6.98 Å². The molecule has 0 unspecified atom stereocenters. The molecule has 3 heteroatoms. The molecule has 0 atom stereocenters. The predicted octanol–water partition coefficient (Wildman–Crippen LogP) is 4.90. The van der Waals surface area contributed by atoms with Gasteiger partial charge >= 0.3 is 6.98 Å². The Kier molecular flexibility index (Phi) is 4.03. The number of benzene rings is 3. The van der Waals surface area contributed by atoms with E-state index in [0.717, 1.165) is 0 Å². The van der Waals surface area contributed by atoms with Crippen molar-refractivity contribution in [2.24, 2.45) is 0 Å². The standard InChI is InChI=1S/C23H25BN2/c1-16-10-6-7-14-20(16)26-23-19(4)13-9-15-21(23)25(5)24(26)22-17(2)11-8-12-18(22)3/h6-15H,1-5H3. The summed E-state index contributed by atoms with van der Waals surface area (Å²) in [6.45, 7) is 9.02. The molecule has 0 spiro atoms. The Morgan fingerprint density at radius 2 is 1.15 bits per heavy atom. The van der Waals surface area contributed by atoms with Gasteiger partial charge in [-0.1, -0.05) is 59.7 Å². The van der Waals surface area contributed by atoms with Crippen molar-refractivity contribution in [2.45, 2.75) is 27.7 Å². The van der Waals surface area contributed by atoms with Gasteiger partial charge in [0.1, 0.15) is 0 Å². The summed E-state index contributed by atoms with van der Waals surface area (Å²) >= 11 is 0. The summed E-state index contributed by atoms with van der Waals surface area (Å²) in [5.74, 6) is 0. The van der Waals surface area contributed by atoms with Gasteiger partial charge in [0.05, 0.1) is 5.69 Å². The summed E-state index contributed by atoms with van der Waals surface area (Å²) in [6.07, 6.45) is 0. The number of aryl methyl sites for hydroxylation is 4. The molecular weight excluding hydrogens is 315 g/mol. The Hall–Kier alpha value is -2.68. The van der Waals surface area contributed by atoms with Gasteiger partial charge in [-0.15, -0.1) is 0 Å². The van der Waals surface area contributed by atoms with E-state index in [1.807, 2.05) is 0 Å². The van der Waals surface area contributed by atoms with E-state index in [2.05, 4.69) is 105 Å². The Morgan fingerprint density at radius 3 is 1.85 bits per heavy atom. The second-order valence-corrected chi connectivity index (χ2v) is 7.39. The SMILES string of the molecule is Cc1ccccc1N1B(c2c(C)cccc2C)N(C)c2cccc(C)c21. The molecule has 4 rings (SSSR count). The minimum atomic E-state index is 0.161. The first-order valence-corrected chi connectivity index (χ1v) is 9.24. The van der Waals surface area contributed by atoms with Gasteiger partial charge in [-0.25, -0.2) is 0 Å². The van der Waals surface area contributed by atoms with E-state index in [9.17, 15) is 0 Å². The van der Waals surface area contributed by atoms with Crippen LogP contribution >= 0.6 is 0 Å². The average Bonchev–Trinajstić information content (AvgIpc) is 2.90. The summed E-state index contributed by atoms with van der Waals surface area (Å²) in [5.41, 5.74) is 10.6. The van der Waals surface area contributed by atoms with Gasteiger partial charge in [0.25, 0.3) is 0 Å². The van der Waals surface area contributed by atoms with Gasteiger partial charge in [0.15, 0.2) is 0 Å². The molecule has 0 saturated carbocycles. The lowest BCUT2D eigenvalue weighted by atomic mass is 9.61. The fraction of sp³-hybridized carbons (Fsp3) is 0.217. The smallest absolute Gasteiger partial charge is 0.393 e. The lowest BCUT2D eigenvalue weighted by molar-refractivity contribution is 1.30. The van der Waals surface area contributed by atoms with Crippen molar-refractivity contribution in [1.29, 1.82) is 0 Å². The minimum Gasteiger partial charge on any atom is -0.393 e. The molecule has 0 N–H and O–H groups in total. The quantitative estimate of drug-likeness (QED) is 0.612. The summed E-state index contributed by atoms with van der Waals surface area (Å²) in [5, 5.41) is 0. The molecule has 130 valence electrons. The maximum Gasteiger partial charge on any atom is 0.416 e. The van der Waals surface area contributed by atoms with Crippen molar-refractivity contribution in [3.8, 4) is 0 Å². The van der Waals surface area contributed by atoms with E-state index < -0.39 is 0 Å². The minimum absolute atomic E-state index is 0.161. The third-order valence-corrected chi connectivity index (χ3v) is 5.62. The van der Waals surface area contributed by atoms with Crippen LogP contribution in [0.5, 0.6) is 0 Å². The number of para-hydroxylation sites is 2. The van der Waals surface area contributed by atoms with Crippen LogP contribution in [0.3, 0.4) is 0 Å². The first kappa shape index (κ1) is 16.8. The molecular formula is C23H25BN2. The molecule has 3 aromatic rings. The van der Waals surface area contributed by atoms with Gasteiger partial charge in [-0.05, 0) is 63.5 Å². The molecule has 0 aromatic heterocycles. The number of hydrogen-bond acceptors (Lipinski definition) is 2. The van der Waals surface area contributed by atoms with Gasteiger partial charge in [-0.3, -0.25) is 0 Å². The Bertz CT molecular complexity index is 959. The van der Waals surface area contributed by atoms with Crippen LogP contribution in [0.15, 0.2) is 60.7 Å². The number of nitrogens with zero attached hydrogens (tertiary/aromatic N) is 2. The maximum atomic E-state index is 2.52. The number of anilines is 3. The Morgan fingerprint density at radius 1 is 0.615 bits per heavy atom. The number of rotatable bonds is 2. The van der Waals surface area contributed by atoms with Crippen LogP contribution in [0, 0.1) is 27.7 Å². The highest BCUT2D eigenvalue weighted by molar-refractivity contribution is 6.83. The van der Waals surface area contributed by atoms with Crippen molar-refractivity contribution < 1.29 is 0 Å². The Balaban J connectivity index is 2.02. The molecule has 1 aliphatic rings. The topological polar surface area (TPSA) is 6.48 Å².